The second-order valence-corrected chi connectivity index (χ2v) is 7.53. The van der Waals surface area contributed by atoms with E-state index in [1.54, 1.807) is 13.1 Å². The van der Waals surface area contributed by atoms with Crippen molar-refractivity contribution in [3.63, 3.8) is 0 Å². The van der Waals surface area contributed by atoms with Crippen molar-refractivity contribution in [2.24, 2.45) is 0 Å². The predicted octanol–water partition coefficient (Wildman–Crippen LogP) is 4.68. The van der Waals surface area contributed by atoms with Gasteiger partial charge in [0.25, 0.3) is 0 Å². The third-order valence-electron chi connectivity index (χ3n) is 5.57. The molecule has 1 fully saturated rings. The molecule has 1 aliphatic heterocycles. The molecule has 1 saturated heterocycles. The van der Waals surface area contributed by atoms with Crippen LogP contribution in [0.25, 0.3) is 22.2 Å². The van der Waals surface area contributed by atoms with Crippen LogP contribution in [0.15, 0.2) is 73.1 Å². The summed E-state index contributed by atoms with van der Waals surface area (Å²) in [7, 11) is 0. The van der Waals surface area contributed by atoms with E-state index in [1.807, 2.05) is 71.8 Å². The first kappa shape index (κ1) is 18.4. The summed E-state index contributed by atoms with van der Waals surface area (Å²) in [4.78, 5) is 17.9. The Labute approximate surface area is 174 Å². The van der Waals surface area contributed by atoms with Crippen LogP contribution in [0, 0.1) is 0 Å². The number of ether oxygens (including phenoxy) is 1. The Balaban J connectivity index is 1.47. The number of carbonyl (C=O) groups is 1. The van der Waals surface area contributed by atoms with Gasteiger partial charge in [0.05, 0.1) is 11.6 Å². The van der Waals surface area contributed by atoms with Gasteiger partial charge in [-0.05, 0) is 48.9 Å². The van der Waals surface area contributed by atoms with Gasteiger partial charge in [-0.3, -0.25) is 14.5 Å². The van der Waals surface area contributed by atoms with E-state index in [-0.39, 0.29) is 11.9 Å². The van der Waals surface area contributed by atoms with E-state index < -0.39 is 0 Å². The molecule has 6 heteroatoms. The zero-order valence-electron chi connectivity index (χ0n) is 16.7. The highest BCUT2D eigenvalue weighted by Gasteiger charge is 2.28. The lowest BCUT2D eigenvalue weighted by Gasteiger charge is -2.14. The normalized spacial score (nSPS) is 16.2. The summed E-state index contributed by atoms with van der Waals surface area (Å²) in [6.07, 6.45) is 4.56. The van der Waals surface area contributed by atoms with E-state index in [1.165, 1.54) is 0 Å². The summed E-state index contributed by atoms with van der Waals surface area (Å²) >= 11 is 0. The summed E-state index contributed by atoms with van der Waals surface area (Å²) < 4.78 is 7.96. The van der Waals surface area contributed by atoms with Crippen LogP contribution >= 0.6 is 0 Å². The molecular formula is C24H22N4O2. The van der Waals surface area contributed by atoms with Crippen LogP contribution in [0.4, 0.5) is 0 Å². The van der Waals surface area contributed by atoms with Gasteiger partial charge in [0.1, 0.15) is 17.2 Å². The fourth-order valence-corrected chi connectivity index (χ4v) is 4.01. The Bertz CT molecular complexity index is 1190. The molecule has 30 heavy (non-hydrogen) atoms. The number of likely N-dealkylation sites (tertiary alicyclic amines) is 1. The highest BCUT2D eigenvalue weighted by atomic mass is 16.5. The lowest BCUT2D eigenvalue weighted by Crippen LogP contribution is -2.26. The topological polar surface area (TPSA) is 60.2 Å². The Morgan fingerprint density at radius 3 is 2.53 bits per heavy atom. The molecule has 150 valence electrons. The average molecular weight is 398 g/mol. The van der Waals surface area contributed by atoms with Crippen LogP contribution in [0.3, 0.4) is 0 Å². The maximum absolute atomic E-state index is 11.8. The molecular weight excluding hydrogens is 376 g/mol. The van der Waals surface area contributed by atoms with Crippen molar-refractivity contribution < 1.29 is 9.53 Å². The van der Waals surface area contributed by atoms with E-state index in [2.05, 4.69) is 9.67 Å². The molecule has 6 nitrogen and oxygen atoms in total. The minimum atomic E-state index is 0.116. The summed E-state index contributed by atoms with van der Waals surface area (Å²) in [5.74, 6) is 1.70. The van der Waals surface area contributed by atoms with Crippen LogP contribution < -0.4 is 4.74 Å². The fraction of sp³-hybridized carbons (Fsp3) is 0.208. The van der Waals surface area contributed by atoms with Gasteiger partial charge in [0.15, 0.2) is 0 Å². The third kappa shape index (κ3) is 3.41. The van der Waals surface area contributed by atoms with Crippen molar-refractivity contribution in [1.82, 2.24) is 19.7 Å². The first-order valence-corrected chi connectivity index (χ1v) is 10.1. The van der Waals surface area contributed by atoms with E-state index in [4.69, 9.17) is 9.84 Å². The van der Waals surface area contributed by atoms with E-state index in [9.17, 15) is 4.79 Å². The monoisotopic (exact) mass is 398 g/mol. The average Bonchev–Trinajstić information content (AvgIpc) is 3.40. The lowest BCUT2D eigenvalue weighted by atomic mass is 10.1. The molecule has 2 aromatic heterocycles. The van der Waals surface area contributed by atoms with Gasteiger partial charge < -0.3 is 9.64 Å². The van der Waals surface area contributed by atoms with Gasteiger partial charge >= 0.3 is 0 Å². The molecule has 4 aromatic rings. The first-order valence-electron chi connectivity index (χ1n) is 10.1. The van der Waals surface area contributed by atoms with Crippen LogP contribution in [-0.4, -0.2) is 38.7 Å². The lowest BCUT2D eigenvalue weighted by molar-refractivity contribution is -0.127. The van der Waals surface area contributed by atoms with Gasteiger partial charge in [0.2, 0.25) is 5.91 Å². The largest absolute Gasteiger partial charge is 0.457 e. The van der Waals surface area contributed by atoms with E-state index in [0.29, 0.717) is 6.54 Å². The van der Waals surface area contributed by atoms with Crippen molar-refractivity contribution in [2.45, 2.75) is 19.4 Å². The van der Waals surface area contributed by atoms with Crippen molar-refractivity contribution in [2.75, 3.05) is 13.1 Å². The molecule has 3 heterocycles. The summed E-state index contributed by atoms with van der Waals surface area (Å²) in [5.41, 5.74) is 2.94. The molecule has 1 amide bonds. The highest BCUT2D eigenvalue weighted by Crippen LogP contribution is 2.33. The Morgan fingerprint density at radius 1 is 1.03 bits per heavy atom. The Kier molecular flexibility index (Phi) is 4.67. The molecule has 0 bridgehead atoms. The van der Waals surface area contributed by atoms with Gasteiger partial charge in [-0.2, -0.15) is 5.10 Å². The minimum Gasteiger partial charge on any atom is -0.457 e. The molecule has 1 aliphatic rings. The van der Waals surface area contributed by atoms with Gasteiger partial charge in [-0.1, -0.05) is 18.2 Å². The zero-order valence-corrected chi connectivity index (χ0v) is 16.7. The Morgan fingerprint density at radius 2 is 1.80 bits per heavy atom. The number of hydrogen-bond donors (Lipinski definition) is 0. The third-order valence-corrected chi connectivity index (χ3v) is 5.57. The minimum absolute atomic E-state index is 0.116. The number of nitrogens with zero attached hydrogens (tertiary/aromatic N) is 4. The summed E-state index contributed by atoms with van der Waals surface area (Å²) in [6.45, 7) is 3.09. The maximum Gasteiger partial charge on any atom is 0.219 e. The van der Waals surface area contributed by atoms with Gasteiger partial charge in [0, 0.05) is 43.4 Å². The maximum atomic E-state index is 11.8. The fourth-order valence-electron chi connectivity index (χ4n) is 4.01. The summed E-state index contributed by atoms with van der Waals surface area (Å²) in [5, 5.41) is 5.96. The number of pyridine rings is 1. The molecule has 0 saturated carbocycles. The number of carbonyl (C=O) groups excluding carboxylic acids is 1. The van der Waals surface area contributed by atoms with Crippen LogP contribution in [0.2, 0.25) is 0 Å². The summed E-state index contributed by atoms with van der Waals surface area (Å²) in [6, 6.07) is 19.8. The SMILES string of the molecule is CC(=O)N1CC[C@@H](n2nc(-c3ccc(Oc4ccccc4)cc3)c3cnccc32)C1. The number of hydrogen-bond acceptors (Lipinski definition) is 4. The smallest absolute Gasteiger partial charge is 0.219 e. The van der Waals surface area contributed by atoms with Crippen LogP contribution in [0.1, 0.15) is 19.4 Å². The standard InChI is InChI=1S/C24H22N4O2/c1-17(29)27-14-12-19(16-27)28-23-11-13-25-15-22(23)24(26-28)18-7-9-21(10-8-18)30-20-5-3-2-4-6-20/h2-11,13,15,19H,12,14,16H2,1H3/t19-/m1/s1. The number of aromatic nitrogens is 3. The quantitative estimate of drug-likeness (QED) is 0.501. The van der Waals surface area contributed by atoms with E-state index >= 15 is 0 Å². The van der Waals surface area contributed by atoms with Crippen molar-refractivity contribution in [3.8, 4) is 22.8 Å². The molecule has 0 aliphatic carbocycles. The van der Waals surface area contributed by atoms with Gasteiger partial charge in [-0.25, -0.2) is 0 Å². The molecule has 0 N–H and O–H groups in total. The molecule has 0 radical (unpaired) electrons. The van der Waals surface area contributed by atoms with Crippen molar-refractivity contribution >= 4 is 16.8 Å². The number of rotatable bonds is 4. The number of amides is 1. The molecule has 2 aromatic carbocycles. The predicted molar refractivity (Wildman–Crippen MR) is 115 cm³/mol. The first-order chi connectivity index (χ1) is 14.7. The second-order valence-electron chi connectivity index (χ2n) is 7.53. The van der Waals surface area contributed by atoms with Crippen LogP contribution in [-0.2, 0) is 4.79 Å². The van der Waals surface area contributed by atoms with Gasteiger partial charge in [-0.15, -0.1) is 0 Å². The molecule has 0 unspecified atom stereocenters. The number of fused-ring (bicyclic) bond motifs is 1. The molecule has 0 spiro atoms. The molecule has 5 rings (SSSR count). The van der Waals surface area contributed by atoms with Crippen molar-refractivity contribution in [3.05, 3.63) is 73.1 Å². The molecule has 1 atom stereocenters. The zero-order chi connectivity index (χ0) is 20.5. The highest BCUT2D eigenvalue weighted by molar-refractivity contribution is 5.92. The number of benzene rings is 2. The second kappa shape index (κ2) is 7.63. The van der Waals surface area contributed by atoms with Crippen LogP contribution in [0.5, 0.6) is 11.5 Å². The van der Waals surface area contributed by atoms with Crippen molar-refractivity contribution in [1.29, 1.82) is 0 Å². The number of para-hydroxylation sites is 1. The van der Waals surface area contributed by atoms with E-state index in [0.717, 1.165) is 46.6 Å². The Hall–Kier alpha value is -3.67.